The summed E-state index contributed by atoms with van der Waals surface area (Å²) in [5.41, 5.74) is 1.02. The normalized spacial score (nSPS) is 13.2. The second-order valence-electron chi connectivity index (χ2n) is 5.45. The van der Waals surface area contributed by atoms with Gasteiger partial charge in [-0.05, 0) is 46.1 Å². The zero-order valence-corrected chi connectivity index (χ0v) is 15.7. The highest BCUT2D eigenvalue weighted by molar-refractivity contribution is 9.10. The van der Waals surface area contributed by atoms with E-state index < -0.39 is 5.60 Å². The van der Waals surface area contributed by atoms with Crippen LogP contribution in [0.5, 0.6) is 5.75 Å². The van der Waals surface area contributed by atoms with Crippen LogP contribution >= 0.6 is 15.9 Å². The summed E-state index contributed by atoms with van der Waals surface area (Å²) in [6.07, 6.45) is 0.743. The first-order chi connectivity index (χ1) is 11.6. The number of amides is 1. The number of methoxy groups -OCH3 is 2. The van der Waals surface area contributed by atoms with Gasteiger partial charge in [0.1, 0.15) is 11.4 Å². The number of nitrogens with one attached hydrogen (secondary N) is 1. The second kappa shape index (κ2) is 8.31. The second-order valence-corrected chi connectivity index (χ2v) is 6.30. The van der Waals surface area contributed by atoms with Crippen molar-refractivity contribution in [3.8, 4) is 5.75 Å². The van der Waals surface area contributed by atoms with Gasteiger partial charge in [-0.1, -0.05) is 37.3 Å². The van der Waals surface area contributed by atoms with E-state index >= 15 is 0 Å². The molecule has 0 unspecified atom stereocenters. The molecule has 0 fully saturated rings. The van der Waals surface area contributed by atoms with Crippen LogP contribution in [0, 0.1) is 0 Å². The molecule has 0 aromatic heterocycles. The van der Waals surface area contributed by atoms with E-state index in [1.807, 2.05) is 37.3 Å². The largest absolute Gasteiger partial charge is 0.497 e. The lowest BCUT2D eigenvalue weighted by Gasteiger charge is -2.32. The van der Waals surface area contributed by atoms with Crippen molar-refractivity contribution in [3.05, 3.63) is 64.1 Å². The predicted octanol–water partition coefficient (Wildman–Crippen LogP) is 4.14. The summed E-state index contributed by atoms with van der Waals surface area (Å²) < 4.78 is 11.7. The van der Waals surface area contributed by atoms with Crippen LogP contribution in [0.25, 0.3) is 0 Å². The van der Waals surface area contributed by atoms with Crippen molar-refractivity contribution >= 4 is 21.8 Å². The van der Waals surface area contributed by atoms with Crippen LogP contribution in [0.3, 0.4) is 0 Å². The summed E-state index contributed by atoms with van der Waals surface area (Å²) in [5.74, 6) is 0.464. The van der Waals surface area contributed by atoms with Gasteiger partial charge in [0.25, 0.3) is 5.91 Å². The van der Waals surface area contributed by atoms with Crippen molar-refractivity contribution in [2.24, 2.45) is 0 Å². The first-order valence-electron chi connectivity index (χ1n) is 7.78. The van der Waals surface area contributed by atoms with Gasteiger partial charge in [-0.15, -0.1) is 0 Å². The van der Waals surface area contributed by atoms with Gasteiger partial charge in [0.2, 0.25) is 0 Å². The van der Waals surface area contributed by atoms with E-state index in [2.05, 4.69) is 21.2 Å². The zero-order valence-electron chi connectivity index (χ0n) is 14.1. The zero-order chi connectivity index (χ0) is 17.6. The monoisotopic (exact) mass is 391 g/mol. The Labute approximate surface area is 151 Å². The molecular formula is C19H22BrNO3. The molecule has 1 amide bonds. The molecule has 0 heterocycles. The molecule has 0 saturated heterocycles. The number of carbonyl (C=O) groups excluding carboxylic acids is 1. The van der Waals surface area contributed by atoms with Crippen LogP contribution in [-0.4, -0.2) is 26.7 Å². The molecule has 0 aliphatic carbocycles. The average molecular weight is 392 g/mol. The summed E-state index contributed by atoms with van der Waals surface area (Å²) in [6.45, 7) is 2.43. The van der Waals surface area contributed by atoms with E-state index in [0.717, 1.165) is 16.5 Å². The summed E-state index contributed by atoms with van der Waals surface area (Å²) in [7, 11) is 3.25. The molecule has 0 spiro atoms. The first-order valence-corrected chi connectivity index (χ1v) is 8.58. The molecule has 1 atom stereocenters. The van der Waals surface area contributed by atoms with E-state index in [-0.39, 0.29) is 5.91 Å². The van der Waals surface area contributed by atoms with E-state index in [4.69, 9.17) is 9.47 Å². The predicted molar refractivity (Wildman–Crippen MR) is 98.4 cm³/mol. The number of hydrogen-bond acceptors (Lipinski definition) is 3. The number of carbonyl (C=O) groups is 1. The van der Waals surface area contributed by atoms with E-state index in [1.54, 1.807) is 32.4 Å². The SMILES string of the molecule is CC[C@](CNC(=O)c1cc(OC)ccc1Br)(OC)c1ccccc1. The van der Waals surface area contributed by atoms with Crippen LogP contribution in [-0.2, 0) is 10.3 Å². The van der Waals surface area contributed by atoms with Gasteiger partial charge in [0.15, 0.2) is 0 Å². The van der Waals surface area contributed by atoms with Crippen LogP contribution in [0.4, 0.5) is 0 Å². The highest BCUT2D eigenvalue weighted by Gasteiger charge is 2.30. The van der Waals surface area contributed by atoms with Crippen molar-refractivity contribution < 1.29 is 14.3 Å². The molecule has 0 saturated carbocycles. The average Bonchev–Trinajstić information content (AvgIpc) is 2.64. The van der Waals surface area contributed by atoms with Crippen LogP contribution < -0.4 is 10.1 Å². The minimum atomic E-state index is -0.553. The summed E-state index contributed by atoms with van der Waals surface area (Å²) in [4.78, 5) is 12.6. The number of benzene rings is 2. The number of hydrogen-bond donors (Lipinski definition) is 1. The Morgan fingerprint density at radius 1 is 1.17 bits per heavy atom. The fourth-order valence-electron chi connectivity index (χ4n) is 2.63. The maximum Gasteiger partial charge on any atom is 0.252 e. The fraction of sp³-hybridized carbons (Fsp3) is 0.316. The Morgan fingerprint density at radius 3 is 2.46 bits per heavy atom. The molecule has 0 bridgehead atoms. The number of ether oxygens (including phenoxy) is 2. The van der Waals surface area contributed by atoms with Gasteiger partial charge in [-0.3, -0.25) is 4.79 Å². The minimum absolute atomic E-state index is 0.174. The van der Waals surface area contributed by atoms with Gasteiger partial charge in [0, 0.05) is 11.6 Å². The molecule has 0 aliphatic heterocycles. The molecule has 2 rings (SSSR count). The lowest BCUT2D eigenvalue weighted by Crippen LogP contribution is -2.42. The Morgan fingerprint density at radius 2 is 1.88 bits per heavy atom. The molecular weight excluding hydrogens is 370 g/mol. The smallest absolute Gasteiger partial charge is 0.252 e. The van der Waals surface area contributed by atoms with Crippen molar-refractivity contribution in [1.29, 1.82) is 0 Å². The Kier molecular flexibility index (Phi) is 6.40. The van der Waals surface area contributed by atoms with Crippen molar-refractivity contribution in [2.75, 3.05) is 20.8 Å². The fourth-order valence-corrected chi connectivity index (χ4v) is 3.06. The maximum absolute atomic E-state index is 12.6. The van der Waals surface area contributed by atoms with E-state index in [9.17, 15) is 4.79 Å². The molecule has 2 aromatic rings. The highest BCUT2D eigenvalue weighted by Crippen LogP contribution is 2.28. The molecule has 128 valence electrons. The molecule has 2 aromatic carbocycles. The molecule has 5 heteroatoms. The highest BCUT2D eigenvalue weighted by atomic mass is 79.9. The summed E-state index contributed by atoms with van der Waals surface area (Å²) >= 11 is 3.41. The van der Waals surface area contributed by atoms with Gasteiger partial charge in [0.05, 0.1) is 19.2 Å². The molecule has 4 nitrogen and oxygen atoms in total. The maximum atomic E-state index is 12.6. The van der Waals surface area contributed by atoms with Crippen LogP contribution in [0.15, 0.2) is 53.0 Å². The Hall–Kier alpha value is -1.85. The van der Waals surface area contributed by atoms with Crippen LogP contribution in [0.1, 0.15) is 29.3 Å². The molecule has 1 N–H and O–H groups in total. The van der Waals surface area contributed by atoms with Crippen molar-refractivity contribution in [3.63, 3.8) is 0 Å². The van der Waals surface area contributed by atoms with Gasteiger partial charge >= 0.3 is 0 Å². The number of rotatable bonds is 7. The third-order valence-electron chi connectivity index (χ3n) is 4.21. The quantitative estimate of drug-likeness (QED) is 0.771. The standard InChI is InChI=1S/C19H22BrNO3/c1-4-19(24-3,14-8-6-5-7-9-14)13-21-18(22)16-12-15(23-2)10-11-17(16)20/h5-12H,4,13H2,1-3H3,(H,21,22)/t19-/m1/s1. The third-order valence-corrected chi connectivity index (χ3v) is 4.91. The van der Waals surface area contributed by atoms with Crippen molar-refractivity contribution in [2.45, 2.75) is 18.9 Å². The molecule has 0 radical (unpaired) electrons. The van der Waals surface area contributed by atoms with Gasteiger partial charge in [-0.25, -0.2) is 0 Å². The third kappa shape index (κ3) is 3.97. The Bertz CT molecular complexity index is 684. The van der Waals surface area contributed by atoms with Gasteiger partial charge in [-0.2, -0.15) is 0 Å². The van der Waals surface area contributed by atoms with Crippen LogP contribution in [0.2, 0.25) is 0 Å². The molecule has 24 heavy (non-hydrogen) atoms. The lowest BCUT2D eigenvalue weighted by molar-refractivity contribution is -0.0164. The van der Waals surface area contributed by atoms with E-state index in [1.165, 1.54) is 0 Å². The lowest BCUT2D eigenvalue weighted by atomic mass is 9.90. The van der Waals surface area contributed by atoms with E-state index in [0.29, 0.717) is 17.9 Å². The Balaban J connectivity index is 2.19. The topological polar surface area (TPSA) is 47.6 Å². The minimum Gasteiger partial charge on any atom is -0.497 e. The molecule has 0 aliphatic rings. The van der Waals surface area contributed by atoms with Gasteiger partial charge < -0.3 is 14.8 Å². The first kappa shape index (κ1) is 18.5. The summed E-state index contributed by atoms with van der Waals surface area (Å²) in [6, 6.07) is 15.2. The number of halogens is 1. The van der Waals surface area contributed by atoms with Crippen molar-refractivity contribution in [1.82, 2.24) is 5.32 Å². The summed E-state index contributed by atoms with van der Waals surface area (Å²) in [5, 5.41) is 2.98.